The molecule has 3 aromatic rings. The van der Waals surface area contributed by atoms with Crippen molar-refractivity contribution in [2.75, 3.05) is 0 Å². The lowest BCUT2D eigenvalue weighted by Crippen LogP contribution is -2.48. The monoisotopic (exact) mass is 403 g/mol. The van der Waals surface area contributed by atoms with Gasteiger partial charge in [0.05, 0.1) is 6.33 Å². The third-order valence-corrected chi connectivity index (χ3v) is 5.16. The number of benzene rings is 2. The Hall–Kier alpha value is -3.94. The van der Waals surface area contributed by atoms with Crippen LogP contribution in [-0.2, 0) is 11.2 Å². The Morgan fingerprint density at radius 1 is 1.10 bits per heavy atom. The molecule has 2 heterocycles. The number of carbonyl (C=O) groups excluding carboxylic acids is 3. The van der Waals surface area contributed by atoms with Gasteiger partial charge in [0.1, 0.15) is 5.54 Å². The highest BCUT2D eigenvalue weighted by atomic mass is 16.2. The normalized spacial score (nSPS) is 18.4. The smallest absolute Gasteiger partial charge is 0.322 e. The van der Waals surface area contributed by atoms with Crippen LogP contribution in [0.25, 0.3) is 5.69 Å². The van der Waals surface area contributed by atoms with Crippen molar-refractivity contribution in [2.45, 2.75) is 25.3 Å². The summed E-state index contributed by atoms with van der Waals surface area (Å²) in [5, 5.41) is 3.46. The van der Waals surface area contributed by atoms with Crippen LogP contribution in [0.2, 0.25) is 0 Å². The number of aryl methyl sites for hydroxylation is 1. The van der Waals surface area contributed by atoms with Gasteiger partial charge in [-0.25, -0.2) is 9.78 Å². The number of hydrogen-bond donors (Lipinski definition) is 2. The number of urea groups is 1. The number of nitrogens with zero attached hydrogens (tertiary/aromatic N) is 3. The molecule has 4 amide bonds. The molecule has 8 heteroatoms. The molecule has 30 heavy (non-hydrogen) atoms. The number of nitrogens with one attached hydrogen (secondary N) is 2. The molecule has 2 N–H and O–H groups in total. The standard InChI is InChI=1S/C22H21N5O3/c1-22(12-11-16-5-3-2-4-6-16)20(29)27(21(30)24-22)25-19(28)17-7-9-18(10-8-17)26-14-13-23-15-26/h2-10,13-15H,11-12H2,1H3,(H,24,30)(H,25,28). The second-order valence-corrected chi connectivity index (χ2v) is 7.35. The summed E-state index contributed by atoms with van der Waals surface area (Å²) < 4.78 is 1.80. The van der Waals surface area contributed by atoms with Gasteiger partial charge in [-0.3, -0.25) is 15.0 Å². The number of rotatable bonds is 6. The molecule has 0 saturated carbocycles. The van der Waals surface area contributed by atoms with Crippen molar-refractivity contribution in [1.29, 1.82) is 0 Å². The Morgan fingerprint density at radius 2 is 1.83 bits per heavy atom. The summed E-state index contributed by atoms with van der Waals surface area (Å²) in [6.07, 6.45) is 6.15. The highest BCUT2D eigenvalue weighted by Crippen LogP contribution is 2.22. The molecular formula is C22H21N5O3. The lowest BCUT2D eigenvalue weighted by Gasteiger charge is -2.21. The number of carbonyl (C=O) groups is 3. The lowest BCUT2D eigenvalue weighted by atomic mass is 9.93. The second-order valence-electron chi connectivity index (χ2n) is 7.35. The van der Waals surface area contributed by atoms with E-state index in [9.17, 15) is 14.4 Å². The minimum absolute atomic E-state index is 0.331. The van der Waals surface area contributed by atoms with E-state index in [0.717, 1.165) is 16.3 Å². The molecule has 0 spiro atoms. The van der Waals surface area contributed by atoms with Crippen molar-refractivity contribution in [3.63, 3.8) is 0 Å². The van der Waals surface area contributed by atoms with Crippen LogP contribution in [0.15, 0.2) is 73.3 Å². The Kier molecular flexibility index (Phi) is 5.05. The minimum atomic E-state index is -1.08. The SMILES string of the molecule is CC1(CCc2ccccc2)NC(=O)N(NC(=O)c2ccc(-n3ccnc3)cc2)C1=O. The van der Waals surface area contributed by atoms with Crippen LogP contribution in [0.4, 0.5) is 4.79 Å². The molecule has 1 fully saturated rings. The van der Waals surface area contributed by atoms with E-state index in [1.807, 2.05) is 30.3 Å². The van der Waals surface area contributed by atoms with Gasteiger partial charge < -0.3 is 9.88 Å². The molecule has 0 radical (unpaired) electrons. The van der Waals surface area contributed by atoms with Gasteiger partial charge in [-0.05, 0) is 49.6 Å². The fourth-order valence-corrected chi connectivity index (χ4v) is 3.36. The number of amides is 4. The summed E-state index contributed by atoms with van der Waals surface area (Å²) >= 11 is 0. The average molecular weight is 403 g/mol. The fraction of sp³-hybridized carbons (Fsp3) is 0.182. The van der Waals surface area contributed by atoms with Gasteiger partial charge in [-0.15, -0.1) is 0 Å². The Balaban J connectivity index is 1.42. The van der Waals surface area contributed by atoms with Crippen molar-refractivity contribution in [2.24, 2.45) is 0 Å². The third kappa shape index (κ3) is 3.80. The van der Waals surface area contributed by atoms with Crippen molar-refractivity contribution in [3.05, 3.63) is 84.4 Å². The Morgan fingerprint density at radius 3 is 2.50 bits per heavy atom. The Labute approximate surface area is 173 Å². The van der Waals surface area contributed by atoms with Crippen molar-refractivity contribution < 1.29 is 14.4 Å². The van der Waals surface area contributed by atoms with Gasteiger partial charge in [0, 0.05) is 23.6 Å². The predicted molar refractivity (Wildman–Crippen MR) is 110 cm³/mol. The zero-order valence-corrected chi connectivity index (χ0v) is 16.4. The molecule has 1 saturated heterocycles. The van der Waals surface area contributed by atoms with Gasteiger partial charge in [0.15, 0.2) is 0 Å². The largest absolute Gasteiger partial charge is 0.344 e. The van der Waals surface area contributed by atoms with Crippen LogP contribution < -0.4 is 10.7 Å². The summed E-state index contributed by atoms with van der Waals surface area (Å²) in [6, 6.07) is 15.8. The van der Waals surface area contributed by atoms with E-state index in [0.29, 0.717) is 18.4 Å². The maximum Gasteiger partial charge on any atom is 0.344 e. The quantitative estimate of drug-likeness (QED) is 0.618. The van der Waals surface area contributed by atoms with E-state index in [-0.39, 0.29) is 0 Å². The first-order valence-electron chi connectivity index (χ1n) is 9.56. The summed E-state index contributed by atoms with van der Waals surface area (Å²) in [5.41, 5.74) is 3.58. The van der Waals surface area contributed by atoms with Gasteiger partial charge in [0.25, 0.3) is 11.8 Å². The zero-order chi connectivity index (χ0) is 21.1. The first-order chi connectivity index (χ1) is 14.5. The molecule has 1 aliphatic heterocycles. The van der Waals surface area contributed by atoms with E-state index in [1.165, 1.54) is 0 Å². The molecule has 0 bridgehead atoms. The molecule has 4 rings (SSSR count). The fourth-order valence-electron chi connectivity index (χ4n) is 3.36. The van der Waals surface area contributed by atoms with E-state index in [4.69, 9.17) is 0 Å². The number of imide groups is 1. The van der Waals surface area contributed by atoms with Crippen molar-refractivity contribution in [3.8, 4) is 5.69 Å². The van der Waals surface area contributed by atoms with Crippen LogP contribution in [0.5, 0.6) is 0 Å². The maximum absolute atomic E-state index is 12.9. The van der Waals surface area contributed by atoms with Crippen LogP contribution in [0, 0.1) is 0 Å². The molecular weight excluding hydrogens is 382 g/mol. The minimum Gasteiger partial charge on any atom is -0.322 e. The second kappa shape index (κ2) is 7.82. The molecule has 1 aliphatic rings. The number of aromatic nitrogens is 2. The molecule has 2 aromatic carbocycles. The zero-order valence-electron chi connectivity index (χ0n) is 16.4. The number of hydrazine groups is 1. The van der Waals surface area contributed by atoms with E-state index in [1.54, 1.807) is 54.5 Å². The van der Waals surface area contributed by atoms with Gasteiger partial charge in [-0.2, -0.15) is 5.01 Å². The lowest BCUT2D eigenvalue weighted by molar-refractivity contribution is -0.132. The molecule has 8 nitrogen and oxygen atoms in total. The first kappa shape index (κ1) is 19.4. The predicted octanol–water partition coefficient (Wildman–Crippen LogP) is 2.46. The summed E-state index contributed by atoms with van der Waals surface area (Å²) in [4.78, 5) is 41.8. The van der Waals surface area contributed by atoms with E-state index >= 15 is 0 Å². The van der Waals surface area contributed by atoms with Crippen LogP contribution in [0.3, 0.4) is 0 Å². The van der Waals surface area contributed by atoms with Gasteiger partial charge in [-0.1, -0.05) is 30.3 Å². The maximum atomic E-state index is 12.9. The third-order valence-electron chi connectivity index (χ3n) is 5.16. The van der Waals surface area contributed by atoms with Crippen molar-refractivity contribution >= 4 is 17.8 Å². The van der Waals surface area contributed by atoms with Crippen LogP contribution in [0.1, 0.15) is 29.3 Å². The van der Waals surface area contributed by atoms with E-state index < -0.39 is 23.4 Å². The highest BCUT2D eigenvalue weighted by Gasteiger charge is 2.48. The summed E-state index contributed by atoms with van der Waals surface area (Å²) in [5.74, 6) is -1.02. The summed E-state index contributed by atoms with van der Waals surface area (Å²) in [6.45, 7) is 1.67. The van der Waals surface area contributed by atoms with Crippen LogP contribution >= 0.6 is 0 Å². The van der Waals surface area contributed by atoms with Crippen molar-refractivity contribution in [1.82, 2.24) is 25.3 Å². The average Bonchev–Trinajstić information content (AvgIpc) is 3.37. The Bertz CT molecular complexity index is 1060. The molecule has 1 atom stereocenters. The van der Waals surface area contributed by atoms with E-state index in [2.05, 4.69) is 15.7 Å². The summed E-state index contributed by atoms with van der Waals surface area (Å²) in [7, 11) is 0. The molecule has 0 aliphatic carbocycles. The number of imidazole rings is 1. The number of hydrogen-bond acceptors (Lipinski definition) is 4. The van der Waals surface area contributed by atoms with Crippen LogP contribution in [-0.4, -0.2) is 37.9 Å². The highest BCUT2D eigenvalue weighted by molar-refractivity contribution is 6.09. The molecule has 152 valence electrons. The van der Waals surface area contributed by atoms with Gasteiger partial charge >= 0.3 is 6.03 Å². The molecule has 1 aromatic heterocycles. The van der Waals surface area contributed by atoms with Gasteiger partial charge in [0.2, 0.25) is 0 Å². The first-order valence-corrected chi connectivity index (χ1v) is 9.56. The molecule has 1 unspecified atom stereocenters. The topological polar surface area (TPSA) is 96.3 Å².